The van der Waals surface area contributed by atoms with Crippen LogP contribution in [0.15, 0.2) is 162 Å². The molecule has 222 valence electrons. The van der Waals surface area contributed by atoms with Crippen LogP contribution in [0.2, 0.25) is 0 Å². The normalized spacial score (nSPS) is 12.2. The van der Waals surface area contributed by atoms with Gasteiger partial charge in [-0.1, -0.05) is 103 Å². The second kappa shape index (κ2) is 9.78. The summed E-state index contributed by atoms with van der Waals surface area (Å²) < 4.78 is 9.13. The van der Waals surface area contributed by atoms with Gasteiger partial charge >= 0.3 is 0 Å². The molecular formula is C46H26OS. The van der Waals surface area contributed by atoms with E-state index in [1.165, 1.54) is 85.5 Å². The van der Waals surface area contributed by atoms with Crippen LogP contribution in [-0.4, -0.2) is 0 Å². The molecule has 0 amide bonds. The molecule has 0 atom stereocenters. The minimum Gasteiger partial charge on any atom is -0.456 e. The van der Waals surface area contributed by atoms with Crippen molar-refractivity contribution in [2.45, 2.75) is 0 Å². The Kier molecular flexibility index (Phi) is 5.32. The smallest absolute Gasteiger partial charge is 0.136 e. The molecule has 0 radical (unpaired) electrons. The first-order chi connectivity index (χ1) is 23.8. The van der Waals surface area contributed by atoms with E-state index in [-0.39, 0.29) is 0 Å². The first-order valence-corrected chi connectivity index (χ1v) is 17.2. The molecule has 0 saturated carbocycles. The van der Waals surface area contributed by atoms with Gasteiger partial charge in [-0.3, -0.25) is 0 Å². The SMILES string of the molecule is c1ccc2cc3cc4c(cc3cc2c1)oc1ccc(-c2c3ccccc3c(-c3ccc5sc6ccccc6c5c3)c3ccccc23)cc14. The zero-order chi connectivity index (χ0) is 31.3. The van der Waals surface area contributed by atoms with Crippen LogP contribution in [0.1, 0.15) is 0 Å². The lowest BCUT2D eigenvalue weighted by Crippen LogP contribution is -1.90. The van der Waals surface area contributed by atoms with Gasteiger partial charge in [0.05, 0.1) is 0 Å². The monoisotopic (exact) mass is 626 g/mol. The van der Waals surface area contributed by atoms with Gasteiger partial charge in [0, 0.05) is 30.9 Å². The van der Waals surface area contributed by atoms with Crippen molar-refractivity contribution in [3.8, 4) is 22.3 Å². The highest BCUT2D eigenvalue weighted by Gasteiger charge is 2.19. The van der Waals surface area contributed by atoms with E-state index in [1.54, 1.807) is 0 Å². The van der Waals surface area contributed by atoms with E-state index in [0.717, 1.165) is 21.9 Å². The van der Waals surface area contributed by atoms with Crippen molar-refractivity contribution in [3.63, 3.8) is 0 Å². The second-order valence-corrected chi connectivity index (χ2v) is 13.9. The molecule has 2 heteroatoms. The Balaban J connectivity index is 1.18. The number of hydrogen-bond donors (Lipinski definition) is 0. The van der Waals surface area contributed by atoms with Gasteiger partial charge in [-0.2, -0.15) is 0 Å². The van der Waals surface area contributed by atoms with Gasteiger partial charge in [0.15, 0.2) is 0 Å². The molecule has 0 aliphatic heterocycles. The molecule has 9 aromatic carbocycles. The summed E-state index contributed by atoms with van der Waals surface area (Å²) in [4.78, 5) is 0. The van der Waals surface area contributed by atoms with Crippen LogP contribution in [-0.2, 0) is 0 Å². The Morgan fingerprint density at radius 1 is 0.312 bits per heavy atom. The predicted molar refractivity (Wildman–Crippen MR) is 208 cm³/mol. The topological polar surface area (TPSA) is 13.1 Å². The lowest BCUT2D eigenvalue weighted by molar-refractivity contribution is 0.669. The summed E-state index contributed by atoms with van der Waals surface area (Å²) in [7, 11) is 0. The maximum Gasteiger partial charge on any atom is 0.136 e. The van der Waals surface area contributed by atoms with E-state index < -0.39 is 0 Å². The van der Waals surface area contributed by atoms with Gasteiger partial charge in [-0.25, -0.2) is 0 Å². The minimum atomic E-state index is 0.912. The third-order valence-corrected chi connectivity index (χ3v) is 11.3. The van der Waals surface area contributed by atoms with Crippen molar-refractivity contribution < 1.29 is 4.42 Å². The van der Waals surface area contributed by atoms with Gasteiger partial charge < -0.3 is 4.42 Å². The van der Waals surface area contributed by atoms with Gasteiger partial charge in [0.1, 0.15) is 11.2 Å². The number of furan rings is 1. The van der Waals surface area contributed by atoms with Gasteiger partial charge in [-0.15, -0.1) is 11.3 Å². The maximum absolute atomic E-state index is 6.48. The molecule has 0 aliphatic rings. The molecule has 0 N–H and O–H groups in total. The number of benzene rings is 9. The molecule has 1 nitrogen and oxygen atoms in total. The van der Waals surface area contributed by atoms with Gasteiger partial charge in [-0.05, 0) is 120 Å². The second-order valence-electron chi connectivity index (χ2n) is 12.9. The molecular weight excluding hydrogens is 601 g/mol. The van der Waals surface area contributed by atoms with Crippen LogP contribution in [0, 0.1) is 0 Å². The van der Waals surface area contributed by atoms with Crippen molar-refractivity contribution in [2.24, 2.45) is 0 Å². The van der Waals surface area contributed by atoms with Crippen molar-refractivity contribution in [2.75, 3.05) is 0 Å². The average Bonchev–Trinajstić information content (AvgIpc) is 3.68. The third kappa shape index (κ3) is 3.72. The molecule has 0 bridgehead atoms. The van der Waals surface area contributed by atoms with Crippen LogP contribution >= 0.6 is 11.3 Å². The summed E-state index contributed by atoms with van der Waals surface area (Å²) in [6, 6.07) is 57.9. The van der Waals surface area contributed by atoms with Crippen molar-refractivity contribution in [1.82, 2.24) is 0 Å². The van der Waals surface area contributed by atoms with Crippen molar-refractivity contribution >= 4 is 96.5 Å². The van der Waals surface area contributed by atoms with E-state index in [9.17, 15) is 0 Å². The zero-order valence-electron chi connectivity index (χ0n) is 25.8. The standard InChI is InChI=1S/C46H26OS/c1-2-10-28-22-32-26-42-39(25-31(32)21-27(28)9-1)38-23-29(17-19-41(38)47-42)45-34-12-3-5-14-36(34)46(37-15-6-4-13-35(37)45)30-18-20-44-40(24-30)33-11-7-8-16-43(33)48-44/h1-26H. The summed E-state index contributed by atoms with van der Waals surface area (Å²) >= 11 is 1.87. The van der Waals surface area contributed by atoms with E-state index in [4.69, 9.17) is 4.42 Å². The van der Waals surface area contributed by atoms with Crippen molar-refractivity contribution in [3.05, 3.63) is 158 Å². The number of thiophene rings is 1. The molecule has 0 aliphatic carbocycles. The molecule has 0 unspecified atom stereocenters. The molecule has 0 saturated heterocycles. The van der Waals surface area contributed by atoms with E-state index in [1.807, 2.05) is 11.3 Å². The van der Waals surface area contributed by atoms with Crippen LogP contribution in [0.4, 0.5) is 0 Å². The number of fused-ring (bicyclic) bond motifs is 10. The van der Waals surface area contributed by atoms with E-state index in [2.05, 4.69) is 158 Å². The summed E-state index contributed by atoms with van der Waals surface area (Å²) in [6.07, 6.45) is 0. The molecule has 0 fully saturated rings. The Morgan fingerprint density at radius 2 is 0.812 bits per heavy atom. The molecule has 11 aromatic rings. The van der Waals surface area contributed by atoms with Gasteiger partial charge in [0.25, 0.3) is 0 Å². The Morgan fingerprint density at radius 3 is 1.48 bits per heavy atom. The molecule has 2 aromatic heterocycles. The highest BCUT2D eigenvalue weighted by molar-refractivity contribution is 7.25. The Labute approximate surface area is 279 Å². The van der Waals surface area contributed by atoms with Gasteiger partial charge in [0.2, 0.25) is 0 Å². The minimum absolute atomic E-state index is 0.912. The summed E-state index contributed by atoms with van der Waals surface area (Å²) in [5.41, 5.74) is 6.83. The fourth-order valence-electron chi connectivity index (χ4n) is 8.00. The average molecular weight is 627 g/mol. The third-order valence-electron chi connectivity index (χ3n) is 10.2. The molecule has 48 heavy (non-hydrogen) atoms. The van der Waals surface area contributed by atoms with Crippen LogP contribution in [0.5, 0.6) is 0 Å². The Hall–Kier alpha value is -5.96. The van der Waals surface area contributed by atoms with E-state index in [0.29, 0.717) is 0 Å². The largest absolute Gasteiger partial charge is 0.456 e. The van der Waals surface area contributed by atoms with Crippen LogP contribution < -0.4 is 0 Å². The summed E-state index contributed by atoms with van der Waals surface area (Å²) in [6.45, 7) is 0. The first-order valence-electron chi connectivity index (χ1n) is 16.4. The van der Waals surface area contributed by atoms with Crippen LogP contribution in [0.3, 0.4) is 0 Å². The zero-order valence-corrected chi connectivity index (χ0v) is 26.6. The van der Waals surface area contributed by atoms with Crippen LogP contribution in [0.25, 0.3) is 107 Å². The number of hydrogen-bond acceptors (Lipinski definition) is 2. The van der Waals surface area contributed by atoms with Crippen molar-refractivity contribution in [1.29, 1.82) is 0 Å². The molecule has 11 rings (SSSR count). The van der Waals surface area contributed by atoms with E-state index >= 15 is 0 Å². The predicted octanol–water partition coefficient (Wildman–Crippen LogP) is 13.9. The summed E-state index contributed by atoms with van der Waals surface area (Å²) in [5, 5.41) is 14.9. The quantitative estimate of drug-likeness (QED) is 0.174. The highest BCUT2D eigenvalue weighted by Crippen LogP contribution is 2.46. The first kappa shape index (κ1) is 26.1. The lowest BCUT2D eigenvalue weighted by Gasteiger charge is -2.18. The summed E-state index contributed by atoms with van der Waals surface area (Å²) in [5.74, 6) is 0. The highest BCUT2D eigenvalue weighted by atomic mass is 32.1. The maximum atomic E-state index is 6.48. The Bertz CT molecular complexity index is 3060. The fourth-order valence-corrected chi connectivity index (χ4v) is 9.09. The fraction of sp³-hybridized carbons (Fsp3) is 0. The molecule has 0 spiro atoms. The molecule has 2 heterocycles. The number of rotatable bonds is 2. The lowest BCUT2D eigenvalue weighted by atomic mass is 9.85.